The number of methoxy groups -OCH3 is 1. The number of aromatic amines is 2. The maximum Gasteiger partial charge on any atom is 0.256 e. The molecule has 14 heteroatoms. The lowest BCUT2D eigenvalue weighted by Gasteiger charge is -2.18. The molecule has 4 amide bonds. The van der Waals surface area contributed by atoms with E-state index in [0.717, 1.165) is 36.5 Å². The molecule has 2 aromatic heterocycles. The van der Waals surface area contributed by atoms with E-state index in [0.29, 0.717) is 81.6 Å². The highest BCUT2D eigenvalue weighted by Gasteiger charge is 2.27. The second kappa shape index (κ2) is 17.5. The van der Waals surface area contributed by atoms with Crippen molar-refractivity contribution >= 4 is 58.3 Å². The van der Waals surface area contributed by atoms with Gasteiger partial charge in [-0.25, -0.2) is 8.78 Å². The summed E-state index contributed by atoms with van der Waals surface area (Å²) in [4.78, 5) is 58.2. The largest absolute Gasteiger partial charge is 0.383 e. The summed E-state index contributed by atoms with van der Waals surface area (Å²) in [5.74, 6) is -1.76. The highest BCUT2D eigenvalue weighted by Crippen LogP contribution is 2.36. The van der Waals surface area contributed by atoms with E-state index in [2.05, 4.69) is 50.0 Å². The number of nitrogens with zero attached hydrogens (tertiary/aromatic N) is 1. The Labute approximate surface area is 318 Å². The first-order valence-corrected chi connectivity index (χ1v) is 18.1. The van der Waals surface area contributed by atoms with Crippen molar-refractivity contribution in [2.75, 3.05) is 57.1 Å². The number of aryl methyl sites for hydroxylation is 2. The number of carbonyl (C=O) groups is 4. The monoisotopic (exact) mass is 755 g/mol. The van der Waals surface area contributed by atoms with Crippen molar-refractivity contribution in [3.05, 3.63) is 104 Å². The van der Waals surface area contributed by atoms with Crippen LogP contribution in [0.3, 0.4) is 0 Å². The molecule has 6 rings (SSSR count). The Balaban J connectivity index is 0.000000212. The Kier molecular flexibility index (Phi) is 12.8. The number of carbonyl (C=O) groups excluding carboxylic acids is 4. The summed E-state index contributed by atoms with van der Waals surface area (Å²) in [5.41, 5.74) is 8.23. The van der Waals surface area contributed by atoms with Crippen LogP contribution in [-0.2, 0) is 14.3 Å². The summed E-state index contributed by atoms with van der Waals surface area (Å²) in [6.45, 7) is 15.5. The first-order chi connectivity index (χ1) is 26.3. The van der Waals surface area contributed by atoms with Crippen molar-refractivity contribution < 1.29 is 32.7 Å². The average molecular weight is 756 g/mol. The fourth-order valence-electron chi connectivity index (χ4n) is 6.72. The van der Waals surface area contributed by atoms with E-state index in [1.165, 1.54) is 30.3 Å². The molecule has 0 unspecified atom stereocenters. The lowest BCUT2D eigenvalue weighted by atomic mass is 10.0. The van der Waals surface area contributed by atoms with E-state index >= 15 is 0 Å². The fraction of sp³-hybridized carbons (Fsp3) is 0.317. The summed E-state index contributed by atoms with van der Waals surface area (Å²) >= 11 is 0. The number of nitrogens with one attached hydrogen (secondary N) is 6. The van der Waals surface area contributed by atoms with Crippen LogP contribution in [-0.4, -0.2) is 84.9 Å². The molecule has 0 saturated carbocycles. The van der Waals surface area contributed by atoms with Crippen molar-refractivity contribution in [3.8, 4) is 0 Å². The van der Waals surface area contributed by atoms with Crippen LogP contribution in [0.25, 0.3) is 23.3 Å². The predicted molar refractivity (Wildman–Crippen MR) is 211 cm³/mol. The smallest absolute Gasteiger partial charge is 0.256 e. The topological polar surface area (TPSA) is 160 Å². The number of aromatic nitrogens is 2. The molecule has 0 bridgehead atoms. The fourth-order valence-corrected chi connectivity index (χ4v) is 6.72. The highest BCUT2D eigenvalue weighted by molar-refractivity contribution is 6.35. The van der Waals surface area contributed by atoms with Gasteiger partial charge >= 0.3 is 0 Å². The Bertz CT molecular complexity index is 2200. The number of amides is 4. The first-order valence-electron chi connectivity index (χ1n) is 18.1. The molecule has 2 aliphatic heterocycles. The zero-order valence-corrected chi connectivity index (χ0v) is 32.1. The lowest BCUT2D eigenvalue weighted by Crippen LogP contribution is -2.35. The highest BCUT2D eigenvalue weighted by atomic mass is 19.1. The van der Waals surface area contributed by atoms with E-state index in [1.807, 2.05) is 13.8 Å². The zero-order chi connectivity index (χ0) is 40.0. The van der Waals surface area contributed by atoms with E-state index in [1.54, 1.807) is 39.2 Å². The van der Waals surface area contributed by atoms with Gasteiger partial charge in [-0.2, -0.15) is 0 Å². The summed E-state index contributed by atoms with van der Waals surface area (Å²) in [7, 11) is 1.57. The third-order valence-electron chi connectivity index (χ3n) is 9.71. The molecule has 0 aliphatic carbocycles. The van der Waals surface area contributed by atoms with Crippen LogP contribution in [0.5, 0.6) is 0 Å². The molecular formula is C41H47F2N7O5. The number of anilines is 2. The van der Waals surface area contributed by atoms with Crippen LogP contribution in [0, 0.1) is 39.3 Å². The van der Waals surface area contributed by atoms with Crippen LogP contribution < -0.4 is 21.3 Å². The third kappa shape index (κ3) is 8.93. The molecule has 4 aromatic rings. The van der Waals surface area contributed by atoms with Crippen molar-refractivity contribution in [2.45, 2.75) is 41.5 Å². The van der Waals surface area contributed by atoms with Gasteiger partial charge in [-0.3, -0.25) is 19.2 Å². The Morgan fingerprint density at radius 1 is 0.727 bits per heavy atom. The Morgan fingerprint density at radius 3 is 1.58 bits per heavy atom. The summed E-state index contributed by atoms with van der Waals surface area (Å²) < 4.78 is 32.1. The molecule has 55 heavy (non-hydrogen) atoms. The molecule has 12 nitrogen and oxygen atoms in total. The van der Waals surface area contributed by atoms with Crippen molar-refractivity contribution in [1.29, 1.82) is 0 Å². The molecular weight excluding hydrogens is 708 g/mol. The van der Waals surface area contributed by atoms with Crippen LogP contribution >= 0.6 is 0 Å². The molecule has 0 saturated heterocycles. The maximum absolute atomic E-state index is 13.7. The van der Waals surface area contributed by atoms with Gasteiger partial charge in [-0.15, -0.1) is 0 Å². The van der Waals surface area contributed by atoms with Gasteiger partial charge in [0.1, 0.15) is 11.6 Å². The van der Waals surface area contributed by atoms with Crippen LogP contribution in [0.15, 0.2) is 36.4 Å². The number of fused-ring (bicyclic) bond motifs is 2. The number of likely N-dealkylation sites (N-methyl/N-ethyl adjacent to an activating group) is 1. The normalized spacial score (nSPS) is 14.4. The van der Waals surface area contributed by atoms with Crippen molar-refractivity contribution in [3.63, 3.8) is 0 Å². The molecule has 2 aliphatic rings. The van der Waals surface area contributed by atoms with Gasteiger partial charge in [0.2, 0.25) is 0 Å². The van der Waals surface area contributed by atoms with Gasteiger partial charge in [0.05, 0.1) is 28.9 Å². The van der Waals surface area contributed by atoms with Gasteiger partial charge in [0, 0.05) is 72.0 Å². The summed E-state index contributed by atoms with van der Waals surface area (Å²) in [6, 6.07) is 8.35. The molecule has 290 valence electrons. The van der Waals surface area contributed by atoms with Crippen molar-refractivity contribution in [1.82, 2.24) is 25.5 Å². The summed E-state index contributed by atoms with van der Waals surface area (Å²) in [5, 5.41) is 11.2. The van der Waals surface area contributed by atoms with Gasteiger partial charge in [0.25, 0.3) is 23.6 Å². The Hall–Kier alpha value is -5.86. The van der Waals surface area contributed by atoms with Crippen LogP contribution in [0.2, 0.25) is 0 Å². The number of ether oxygens (including phenoxy) is 1. The quantitative estimate of drug-likeness (QED) is 0.0772. The minimum Gasteiger partial charge on any atom is -0.383 e. The second-order valence-electron chi connectivity index (χ2n) is 13.3. The van der Waals surface area contributed by atoms with E-state index in [4.69, 9.17) is 4.74 Å². The second-order valence-corrected chi connectivity index (χ2v) is 13.3. The van der Waals surface area contributed by atoms with E-state index in [9.17, 15) is 28.0 Å². The number of H-pyrrole nitrogens is 2. The lowest BCUT2D eigenvalue weighted by molar-refractivity contribution is -0.111. The zero-order valence-electron chi connectivity index (χ0n) is 32.1. The number of rotatable bonds is 12. The Morgan fingerprint density at radius 2 is 1.16 bits per heavy atom. The molecule has 2 aromatic carbocycles. The minimum absolute atomic E-state index is 0.143. The van der Waals surface area contributed by atoms with Gasteiger partial charge in [0.15, 0.2) is 0 Å². The van der Waals surface area contributed by atoms with E-state index < -0.39 is 11.6 Å². The average Bonchev–Trinajstić information content (AvgIpc) is 3.82. The molecule has 0 spiro atoms. The van der Waals surface area contributed by atoms with Gasteiger partial charge in [-0.1, -0.05) is 13.8 Å². The molecule has 0 atom stereocenters. The minimum atomic E-state index is -0.413. The molecule has 4 heterocycles. The standard InChI is InChI=1S/C22H27FN4O2.C19H20FN3O3/c1-5-27(6-2)10-9-24-22(29)20-13(3)19(25-14(20)4)12-17-16-11-15(23)7-8-18(16)26-21(17)28;1-10-16(22-11(2)17(10)19(25)21-6-7-26-3)9-14-13-8-12(20)4-5-15(13)23-18(14)24/h7-8,11-12,25H,5-6,9-10H2,1-4H3,(H,24,29)(H,26,28);4-5,8-9,22H,6-7H2,1-3H3,(H,21,25)(H,23,24)/b17-12-;14-9-. The first kappa shape index (κ1) is 40.3. The SMILES string of the molecule is CCN(CC)CCNC(=O)c1c(C)[nH]c(/C=C2\C(=O)Nc3ccc(F)cc32)c1C.COCCNC(=O)c1c(C)[nH]c(/C=C2\C(=O)Nc3ccc(F)cc32)c1C. The van der Waals surface area contributed by atoms with Crippen molar-refractivity contribution in [2.24, 2.45) is 0 Å². The van der Waals surface area contributed by atoms with E-state index in [-0.39, 0.29) is 23.6 Å². The number of hydrogen-bond donors (Lipinski definition) is 6. The van der Waals surface area contributed by atoms with Crippen LogP contribution in [0.1, 0.15) is 79.6 Å². The number of hydrogen-bond acceptors (Lipinski definition) is 6. The third-order valence-corrected chi connectivity index (χ3v) is 9.71. The molecule has 6 N–H and O–H groups in total. The maximum atomic E-state index is 13.7. The number of halogens is 2. The summed E-state index contributed by atoms with van der Waals surface area (Å²) in [6.07, 6.45) is 3.32. The predicted octanol–water partition coefficient (Wildman–Crippen LogP) is 5.97. The number of benzene rings is 2. The molecule has 0 fully saturated rings. The molecule has 0 radical (unpaired) electrons. The van der Waals surface area contributed by atoms with Gasteiger partial charge in [-0.05, 0) is 100 Å². The van der Waals surface area contributed by atoms with Crippen LogP contribution in [0.4, 0.5) is 20.2 Å². The van der Waals surface area contributed by atoms with Gasteiger partial charge < -0.3 is 40.9 Å².